The molecule has 0 saturated carbocycles. The van der Waals surface area contributed by atoms with Gasteiger partial charge >= 0.3 is 0 Å². The Morgan fingerprint density at radius 1 is 0.511 bits per heavy atom. The first-order valence-corrected chi connectivity index (χ1v) is 16.3. The van der Waals surface area contributed by atoms with Gasteiger partial charge in [-0.15, -0.1) is 0 Å². The van der Waals surface area contributed by atoms with E-state index in [9.17, 15) is 0 Å². The normalized spacial score (nSPS) is 13.5. The van der Waals surface area contributed by atoms with Crippen molar-refractivity contribution < 1.29 is 0 Å². The summed E-state index contributed by atoms with van der Waals surface area (Å²) in [7, 11) is 0. The lowest BCUT2D eigenvalue weighted by Crippen LogP contribution is -2.15. The Morgan fingerprint density at radius 3 is 1.83 bits per heavy atom. The van der Waals surface area contributed by atoms with E-state index in [1.807, 2.05) is 18.3 Å². The van der Waals surface area contributed by atoms with Crippen molar-refractivity contribution in [1.29, 1.82) is 0 Å². The Morgan fingerprint density at radius 2 is 1.11 bits per heavy atom. The monoisotopic (exact) mass is 601 g/mol. The second kappa shape index (κ2) is 9.54. The van der Waals surface area contributed by atoms with Gasteiger partial charge in [-0.2, -0.15) is 0 Å². The second-order valence-electron chi connectivity index (χ2n) is 13.2. The van der Waals surface area contributed by atoms with Gasteiger partial charge in [0, 0.05) is 55.7 Å². The van der Waals surface area contributed by atoms with Crippen LogP contribution in [0.1, 0.15) is 25.0 Å². The van der Waals surface area contributed by atoms with E-state index in [-0.39, 0.29) is 5.41 Å². The van der Waals surface area contributed by atoms with Gasteiger partial charge < -0.3 is 9.13 Å². The van der Waals surface area contributed by atoms with Gasteiger partial charge in [-0.3, -0.25) is 4.98 Å². The zero-order valence-electron chi connectivity index (χ0n) is 26.3. The zero-order chi connectivity index (χ0) is 31.3. The lowest BCUT2D eigenvalue weighted by molar-refractivity contribution is 0.667. The van der Waals surface area contributed by atoms with Crippen LogP contribution in [0.4, 0.5) is 0 Å². The Balaban J connectivity index is 1.46. The van der Waals surface area contributed by atoms with Gasteiger partial charge in [-0.1, -0.05) is 111 Å². The first-order valence-electron chi connectivity index (χ1n) is 16.3. The lowest BCUT2D eigenvalue weighted by atomic mass is 9.80. The number of pyridine rings is 1. The zero-order valence-corrected chi connectivity index (χ0v) is 26.3. The molecule has 3 aromatic heterocycles. The molecular weight excluding hydrogens is 571 g/mol. The van der Waals surface area contributed by atoms with Crippen molar-refractivity contribution in [3.05, 3.63) is 163 Å². The number of nitrogens with zero attached hydrogens (tertiary/aromatic N) is 3. The molecular formula is C44H31N3. The molecule has 0 fully saturated rings. The van der Waals surface area contributed by atoms with Gasteiger partial charge in [0.15, 0.2) is 0 Å². The van der Waals surface area contributed by atoms with Crippen LogP contribution in [0.5, 0.6) is 0 Å². The molecule has 0 aliphatic heterocycles. The Hall–Kier alpha value is -5.93. The molecule has 0 bridgehead atoms. The number of para-hydroxylation sites is 3. The van der Waals surface area contributed by atoms with Crippen molar-refractivity contribution in [3.8, 4) is 33.8 Å². The van der Waals surface area contributed by atoms with Crippen LogP contribution in [0, 0.1) is 0 Å². The summed E-state index contributed by atoms with van der Waals surface area (Å²) in [6, 6.07) is 52.8. The van der Waals surface area contributed by atoms with E-state index in [1.165, 1.54) is 71.6 Å². The molecule has 0 unspecified atom stereocenters. The average molecular weight is 602 g/mol. The second-order valence-corrected chi connectivity index (χ2v) is 13.2. The highest BCUT2D eigenvalue weighted by Crippen LogP contribution is 2.58. The Labute approximate surface area is 273 Å². The highest BCUT2D eigenvalue weighted by Gasteiger charge is 2.41. The summed E-state index contributed by atoms with van der Waals surface area (Å²) in [6.07, 6.45) is 1.86. The molecule has 1 aliphatic carbocycles. The molecule has 3 heterocycles. The molecule has 10 rings (SSSR count). The molecule has 3 nitrogen and oxygen atoms in total. The molecule has 0 saturated heterocycles. The summed E-state index contributed by atoms with van der Waals surface area (Å²) in [4.78, 5) is 4.61. The molecule has 0 radical (unpaired) electrons. The van der Waals surface area contributed by atoms with Gasteiger partial charge in [-0.25, -0.2) is 0 Å². The van der Waals surface area contributed by atoms with Crippen LogP contribution in [0.3, 0.4) is 0 Å². The van der Waals surface area contributed by atoms with Crippen LogP contribution >= 0.6 is 0 Å². The molecule has 0 N–H and O–H groups in total. The first kappa shape index (κ1) is 26.3. The molecule has 0 atom stereocenters. The van der Waals surface area contributed by atoms with Crippen molar-refractivity contribution >= 4 is 43.6 Å². The SMILES string of the molecule is CC1(C)c2ccccc2-c2c1c1c3ccccc3n(-c3ccc(-c4ccccn4)cc3)c1c1c3ccccc3n(-c3ccccc3)c21. The molecule has 222 valence electrons. The van der Waals surface area contributed by atoms with Crippen LogP contribution in [-0.2, 0) is 5.41 Å². The Kier molecular flexibility index (Phi) is 5.34. The maximum atomic E-state index is 4.61. The summed E-state index contributed by atoms with van der Waals surface area (Å²) < 4.78 is 5.02. The molecule has 3 heteroatoms. The number of benzene rings is 6. The van der Waals surface area contributed by atoms with Crippen LogP contribution in [-0.4, -0.2) is 14.1 Å². The standard InChI is InChI=1S/C44H31N3/c1-44(2)34-19-9-6-16-31(34)38-41(44)39-32-17-7-10-21-36(32)47(30-25-23-28(24-26-30)35-20-12-13-27-45-35)43(39)40-33-18-8-11-22-37(33)46(42(38)40)29-14-4-3-5-15-29/h3-27H,1-2H3. The van der Waals surface area contributed by atoms with Gasteiger partial charge in [0.2, 0.25) is 0 Å². The van der Waals surface area contributed by atoms with E-state index in [0.717, 1.165) is 16.9 Å². The van der Waals surface area contributed by atoms with Crippen molar-refractivity contribution in [2.24, 2.45) is 0 Å². The number of rotatable bonds is 3. The van der Waals surface area contributed by atoms with E-state index in [2.05, 4.69) is 161 Å². The van der Waals surface area contributed by atoms with E-state index in [4.69, 9.17) is 0 Å². The fourth-order valence-electron chi connectivity index (χ4n) is 8.39. The largest absolute Gasteiger partial charge is 0.309 e. The number of hydrogen-bond donors (Lipinski definition) is 0. The van der Waals surface area contributed by atoms with Crippen LogP contribution < -0.4 is 0 Å². The fourth-order valence-corrected chi connectivity index (χ4v) is 8.39. The van der Waals surface area contributed by atoms with Gasteiger partial charge in [0.25, 0.3) is 0 Å². The predicted molar refractivity (Wildman–Crippen MR) is 196 cm³/mol. The minimum Gasteiger partial charge on any atom is -0.309 e. The average Bonchev–Trinajstić information content (AvgIpc) is 3.73. The third-order valence-corrected chi connectivity index (χ3v) is 10.3. The maximum absolute atomic E-state index is 4.61. The maximum Gasteiger partial charge on any atom is 0.0701 e. The number of hydrogen-bond acceptors (Lipinski definition) is 1. The minimum absolute atomic E-state index is 0.200. The lowest BCUT2D eigenvalue weighted by Gasteiger charge is -2.23. The third kappa shape index (κ3) is 3.49. The quantitative estimate of drug-likeness (QED) is 0.198. The minimum atomic E-state index is -0.200. The van der Waals surface area contributed by atoms with Crippen molar-refractivity contribution in [2.75, 3.05) is 0 Å². The topological polar surface area (TPSA) is 22.8 Å². The van der Waals surface area contributed by atoms with E-state index in [0.29, 0.717) is 0 Å². The van der Waals surface area contributed by atoms with Crippen molar-refractivity contribution in [1.82, 2.24) is 14.1 Å². The van der Waals surface area contributed by atoms with E-state index >= 15 is 0 Å². The molecule has 0 spiro atoms. The number of aromatic nitrogens is 3. The van der Waals surface area contributed by atoms with Crippen LogP contribution in [0.2, 0.25) is 0 Å². The summed E-state index contributed by atoms with van der Waals surface area (Å²) >= 11 is 0. The summed E-state index contributed by atoms with van der Waals surface area (Å²) in [5.41, 5.74) is 14.6. The highest BCUT2D eigenvalue weighted by molar-refractivity contribution is 6.31. The molecule has 6 aromatic carbocycles. The predicted octanol–water partition coefficient (Wildman–Crippen LogP) is 11.2. The molecule has 1 aliphatic rings. The Bertz CT molecular complexity index is 2670. The highest BCUT2D eigenvalue weighted by atomic mass is 15.0. The van der Waals surface area contributed by atoms with Crippen molar-refractivity contribution in [2.45, 2.75) is 19.3 Å². The number of fused-ring (bicyclic) bond motifs is 12. The molecule has 9 aromatic rings. The van der Waals surface area contributed by atoms with E-state index < -0.39 is 0 Å². The summed E-state index contributed by atoms with van der Waals surface area (Å²) in [5, 5.41) is 5.17. The van der Waals surface area contributed by atoms with E-state index in [1.54, 1.807) is 0 Å². The van der Waals surface area contributed by atoms with Crippen molar-refractivity contribution in [3.63, 3.8) is 0 Å². The molecule has 0 amide bonds. The summed E-state index contributed by atoms with van der Waals surface area (Å²) in [5.74, 6) is 0. The first-order chi connectivity index (χ1) is 23.1. The smallest absolute Gasteiger partial charge is 0.0701 e. The van der Waals surface area contributed by atoms with Gasteiger partial charge in [0.05, 0.1) is 27.8 Å². The molecule has 47 heavy (non-hydrogen) atoms. The van der Waals surface area contributed by atoms with Crippen LogP contribution in [0.25, 0.3) is 77.4 Å². The summed E-state index contributed by atoms with van der Waals surface area (Å²) in [6.45, 7) is 4.82. The van der Waals surface area contributed by atoms with Crippen LogP contribution in [0.15, 0.2) is 152 Å². The van der Waals surface area contributed by atoms with Gasteiger partial charge in [-0.05, 0) is 65.2 Å². The van der Waals surface area contributed by atoms with Gasteiger partial charge in [0.1, 0.15) is 0 Å². The third-order valence-electron chi connectivity index (χ3n) is 10.3. The fraction of sp³-hybridized carbons (Fsp3) is 0.0682.